The quantitative estimate of drug-likeness (QED) is 0.715. The van der Waals surface area contributed by atoms with Gasteiger partial charge < -0.3 is 0 Å². The van der Waals surface area contributed by atoms with Crippen LogP contribution < -0.4 is 5.56 Å². The van der Waals surface area contributed by atoms with Gasteiger partial charge >= 0.3 is 0 Å². The van der Waals surface area contributed by atoms with E-state index in [1.54, 1.807) is 12.3 Å². The summed E-state index contributed by atoms with van der Waals surface area (Å²) in [4.78, 5) is 20.3. The third kappa shape index (κ3) is 2.32. The second kappa shape index (κ2) is 4.78. The van der Waals surface area contributed by atoms with Crippen molar-refractivity contribution in [1.82, 2.24) is 19.7 Å². The monoisotopic (exact) mass is 272 g/mol. The average Bonchev–Trinajstić information content (AvgIpc) is 2.45. The van der Waals surface area contributed by atoms with E-state index in [9.17, 15) is 4.79 Å². The molecule has 0 N–H and O–H groups in total. The molecule has 0 aliphatic rings. The van der Waals surface area contributed by atoms with Crippen LogP contribution >= 0.6 is 11.6 Å². The molecule has 0 atom stereocenters. The van der Waals surface area contributed by atoms with Crippen LogP contribution in [0.3, 0.4) is 0 Å². The Kier molecular flexibility index (Phi) is 2.97. The van der Waals surface area contributed by atoms with Crippen LogP contribution in [0.25, 0.3) is 10.8 Å². The van der Waals surface area contributed by atoms with Gasteiger partial charge in [-0.25, -0.2) is 9.67 Å². The normalized spacial score (nSPS) is 10.8. The molecule has 0 spiro atoms. The molecule has 3 aromatic rings. The first kappa shape index (κ1) is 11.8. The van der Waals surface area contributed by atoms with Crippen molar-refractivity contribution in [2.45, 2.75) is 6.54 Å². The van der Waals surface area contributed by atoms with E-state index in [0.717, 1.165) is 5.39 Å². The number of aromatic nitrogens is 4. The van der Waals surface area contributed by atoms with E-state index in [0.29, 0.717) is 16.2 Å². The zero-order chi connectivity index (χ0) is 13.2. The maximum atomic E-state index is 12.2. The molecule has 2 heterocycles. The molecule has 0 bridgehead atoms. The van der Waals surface area contributed by atoms with Crippen molar-refractivity contribution in [3.8, 4) is 0 Å². The van der Waals surface area contributed by atoms with Crippen LogP contribution in [-0.4, -0.2) is 19.7 Å². The average molecular weight is 273 g/mol. The Bertz CT molecular complexity index is 783. The number of hydrogen-bond donors (Lipinski definition) is 0. The molecule has 0 saturated heterocycles. The molecule has 0 aliphatic carbocycles. The standard InChI is InChI=1S/C13H9ClN4O/c14-12-7-15-10(6-16-12)8-18-13(19)11-4-2-1-3-9(11)5-17-18/h1-7H,8H2. The summed E-state index contributed by atoms with van der Waals surface area (Å²) in [5.74, 6) is 0. The predicted molar refractivity (Wildman–Crippen MR) is 72.1 cm³/mol. The topological polar surface area (TPSA) is 60.7 Å². The molecule has 0 fully saturated rings. The summed E-state index contributed by atoms with van der Waals surface area (Å²) in [7, 11) is 0. The minimum absolute atomic E-state index is 0.144. The van der Waals surface area contributed by atoms with Crippen LogP contribution in [0.1, 0.15) is 5.69 Å². The molecule has 0 radical (unpaired) electrons. The van der Waals surface area contributed by atoms with E-state index in [1.165, 1.54) is 17.1 Å². The van der Waals surface area contributed by atoms with Gasteiger partial charge in [-0.1, -0.05) is 29.8 Å². The molecule has 1 aromatic carbocycles. The van der Waals surface area contributed by atoms with Crippen LogP contribution in [0.4, 0.5) is 0 Å². The van der Waals surface area contributed by atoms with E-state index < -0.39 is 0 Å². The summed E-state index contributed by atoms with van der Waals surface area (Å²) < 4.78 is 1.36. The molecular weight excluding hydrogens is 264 g/mol. The highest BCUT2D eigenvalue weighted by molar-refractivity contribution is 6.29. The summed E-state index contributed by atoms with van der Waals surface area (Å²) in [6.07, 6.45) is 4.65. The lowest BCUT2D eigenvalue weighted by Gasteiger charge is -2.05. The Morgan fingerprint density at radius 3 is 2.74 bits per heavy atom. The minimum atomic E-state index is -0.144. The van der Waals surface area contributed by atoms with Gasteiger partial charge in [0.15, 0.2) is 0 Å². The first-order valence-electron chi connectivity index (χ1n) is 5.65. The Balaban J connectivity index is 2.04. The molecule has 0 unspecified atom stereocenters. The summed E-state index contributed by atoms with van der Waals surface area (Å²) in [6, 6.07) is 7.34. The van der Waals surface area contributed by atoms with Crippen LogP contribution in [0.15, 0.2) is 47.7 Å². The molecular formula is C13H9ClN4O. The van der Waals surface area contributed by atoms with Crippen molar-refractivity contribution in [1.29, 1.82) is 0 Å². The number of halogens is 1. The number of fused-ring (bicyclic) bond motifs is 1. The second-order valence-corrected chi connectivity index (χ2v) is 4.41. The van der Waals surface area contributed by atoms with Crippen LogP contribution in [-0.2, 0) is 6.54 Å². The third-order valence-corrected chi connectivity index (χ3v) is 2.94. The summed E-state index contributed by atoms with van der Waals surface area (Å²) in [5, 5.41) is 5.91. The smallest absolute Gasteiger partial charge is 0.267 e. The van der Waals surface area contributed by atoms with Gasteiger partial charge in [0.25, 0.3) is 5.56 Å². The first-order valence-corrected chi connectivity index (χ1v) is 6.03. The van der Waals surface area contributed by atoms with Gasteiger partial charge in [0.05, 0.1) is 36.2 Å². The van der Waals surface area contributed by atoms with Crippen LogP contribution in [0, 0.1) is 0 Å². The fourth-order valence-electron chi connectivity index (χ4n) is 1.81. The van der Waals surface area contributed by atoms with E-state index in [-0.39, 0.29) is 12.1 Å². The Labute approximate surface area is 113 Å². The van der Waals surface area contributed by atoms with Crippen molar-refractivity contribution in [2.75, 3.05) is 0 Å². The van der Waals surface area contributed by atoms with E-state index >= 15 is 0 Å². The number of nitrogens with zero attached hydrogens (tertiary/aromatic N) is 4. The molecule has 3 rings (SSSR count). The van der Waals surface area contributed by atoms with E-state index in [4.69, 9.17) is 11.6 Å². The van der Waals surface area contributed by atoms with Crippen molar-refractivity contribution < 1.29 is 0 Å². The van der Waals surface area contributed by atoms with Gasteiger partial charge in [0, 0.05) is 5.39 Å². The molecule has 0 aliphatic heterocycles. The van der Waals surface area contributed by atoms with E-state index in [1.807, 2.05) is 18.2 Å². The lowest BCUT2D eigenvalue weighted by molar-refractivity contribution is 0.633. The minimum Gasteiger partial charge on any atom is -0.267 e. The molecule has 6 heteroatoms. The molecule has 0 amide bonds. The van der Waals surface area contributed by atoms with E-state index in [2.05, 4.69) is 15.1 Å². The SMILES string of the molecule is O=c1c2ccccc2cnn1Cc1cnc(Cl)cn1. The molecule has 94 valence electrons. The fraction of sp³-hybridized carbons (Fsp3) is 0.0769. The van der Waals surface area contributed by atoms with Crippen LogP contribution in [0.2, 0.25) is 5.15 Å². The molecule has 0 saturated carbocycles. The molecule has 5 nitrogen and oxygen atoms in total. The van der Waals surface area contributed by atoms with Gasteiger partial charge in [-0.2, -0.15) is 5.10 Å². The number of benzene rings is 1. The van der Waals surface area contributed by atoms with Gasteiger partial charge in [-0.3, -0.25) is 9.78 Å². The van der Waals surface area contributed by atoms with Gasteiger partial charge in [0.1, 0.15) is 5.15 Å². The number of hydrogen-bond acceptors (Lipinski definition) is 4. The molecule has 19 heavy (non-hydrogen) atoms. The highest BCUT2D eigenvalue weighted by atomic mass is 35.5. The number of rotatable bonds is 2. The maximum absolute atomic E-state index is 12.2. The summed E-state index contributed by atoms with van der Waals surface area (Å²) in [5.41, 5.74) is 0.490. The lowest BCUT2D eigenvalue weighted by atomic mass is 10.2. The molecule has 2 aromatic heterocycles. The zero-order valence-corrected chi connectivity index (χ0v) is 10.6. The summed E-state index contributed by atoms with van der Waals surface area (Å²) in [6.45, 7) is 0.272. The van der Waals surface area contributed by atoms with Crippen molar-refractivity contribution in [3.63, 3.8) is 0 Å². The van der Waals surface area contributed by atoms with Crippen molar-refractivity contribution in [3.05, 3.63) is 64.1 Å². The van der Waals surface area contributed by atoms with Gasteiger partial charge in [-0.05, 0) is 6.07 Å². The third-order valence-electron chi connectivity index (χ3n) is 2.75. The zero-order valence-electron chi connectivity index (χ0n) is 9.82. The first-order chi connectivity index (χ1) is 9.24. The Hall–Kier alpha value is -2.27. The second-order valence-electron chi connectivity index (χ2n) is 4.03. The van der Waals surface area contributed by atoms with Crippen molar-refractivity contribution >= 4 is 22.4 Å². The highest BCUT2D eigenvalue weighted by Gasteiger charge is 2.05. The Morgan fingerprint density at radius 1 is 1.11 bits per heavy atom. The Morgan fingerprint density at radius 2 is 1.95 bits per heavy atom. The highest BCUT2D eigenvalue weighted by Crippen LogP contribution is 2.07. The predicted octanol–water partition coefficient (Wildman–Crippen LogP) is 1.89. The largest absolute Gasteiger partial charge is 0.274 e. The summed E-state index contributed by atoms with van der Waals surface area (Å²) >= 11 is 5.67. The lowest BCUT2D eigenvalue weighted by Crippen LogP contribution is -2.23. The van der Waals surface area contributed by atoms with Crippen molar-refractivity contribution in [2.24, 2.45) is 0 Å². The van der Waals surface area contributed by atoms with Crippen LogP contribution in [0.5, 0.6) is 0 Å². The van der Waals surface area contributed by atoms with Gasteiger partial charge in [0.2, 0.25) is 0 Å². The fourth-order valence-corrected chi connectivity index (χ4v) is 1.91. The maximum Gasteiger partial charge on any atom is 0.274 e. The van der Waals surface area contributed by atoms with Gasteiger partial charge in [-0.15, -0.1) is 0 Å².